The van der Waals surface area contributed by atoms with Crippen LogP contribution in [0, 0.1) is 0 Å². The van der Waals surface area contributed by atoms with Gasteiger partial charge in [-0.1, -0.05) is 48.5 Å². The van der Waals surface area contributed by atoms with Gasteiger partial charge in [-0.25, -0.2) is 4.98 Å². The summed E-state index contributed by atoms with van der Waals surface area (Å²) >= 11 is 0. The van der Waals surface area contributed by atoms with Crippen LogP contribution in [0.25, 0.3) is 10.9 Å². The van der Waals surface area contributed by atoms with Gasteiger partial charge in [0.2, 0.25) is 5.88 Å². The number of rotatable bonds is 4. The fourth-order valence-electron chi connectivity index (χ4n) is 2.05. The average molecular weight is 249 g/mol. The molecule has 0 unspecified atom stereocenters. The molecule has 3 rings (SSSR count). The van der Waals surface area contributed by atoms with Gasteiger partial charge in [0.1, 0.15) is 0 Å². The van der Waals surface area contributed by atoms with E-state index in [9.17, 15) is 0 Å². The molecule has 0 amide bonds. The van der Waals surface area contributed by atoms with E-state index < -0.39 is 0 Å². The smallest absolute Gasteiger partial charge is 0.213 e. The Morgan fingerprint density at radius 2 is 1.58 bits per heavy atom. The first-order chi connectivity index (χ1) is 9.42. The summed E-state index contributed by atoms with van der Waals surface area (Å²) < 4.78 is 5.71. The Labute approximate surface area is 112 Å². The molecule has 1 heterocycles. The van der Waals surface area contributed by atoms with Gasteiger partial charge in [-0.15, -0.1) is 0 Å². The predicted molar refractivity (Wildman–Crippen MR) is 77.4 cm³/mol. The molecule has 0 saturated carbocycles. The minimum Gasteiger partial charge on any atom is -0.477 e. The molecular formula is C17H15NO. The summed E-state index contributed by atoms with van der Waals surface area (Å²) in [4.78, 5) is 4.48. The second-order valence-electron chi connectivity index (χ2n) is 4.43. The predicted octanol–water partition coefficient (Wildman–Crippen LogP) is 3.86. The number of pyridine rings is 1. The number of nitrogens with zero attached hydrogens (tertiary/aromatic N) is 1. The third-order valence-corrected chi connectivity index (χ3v) is 3.06. The molecule has 0 atom stereocenters. The number of hydrogen-bond donors (Lipinski definition) is 0. The number of benzene rings is 2. The molecular weight excluding hydrogens is 234 g/mol. The fraction of sp³-hybridized carbons (Fsp3) is 0.118. The Morgan fingerprint density at radius 1 is 0.789 bits per heavy atom. The molecule has 0 N–H and O–H groups in total. The number of aromatic nitrogens is 1. The van der Waals surface area contributed by atoms with Crippen molar-refractivity contribution in [3.05, 3.63) is 72.3 Å². The van der Waals surface area contributed by atoms with Crippen LogP contribution in [0.5, 0.6) is 5.88 Å². The van der Waals surface area contributed by atoms with Crippen LogP contribution in [0.2, 0.25) is 0 Å². The second-order valence-corrected chi connectivity index (χ2v) is 4.43. The minimum absolute atomic E-state index is 0.648. The Bertz CT molecular complexity index is 664. The van der Waals surface area contributed by atoms with Gasteiger partial charge >= 0.3 is 0 Å². The van der Waals surface area contributed by atoms with Crippen LogP contribution in [0.3, 0.4) is 0 Å². The zero-order valence-corrected chi connectivity index (χ0v) is 10.6. The van der Waals surface area contributed by atoms with E-state index in [-0.39, 0.29) is 0 Å². The van der Waals surface area contributed by atoms with Gasteiger partial charge < -0.3 is 4.74 Å². The van der Waals surface area contributed by atoms with E-state index in [1.54, 1.807) is 0 Å². The van der Waals surface area contributed by atoms with E-state index in [4.69, 9.17) is 4.74 Å². The van der Waals surface area contributed by atoms with Gasteiger partial charge in [-0.3, -0.25) is 0 Å². The first-order valence-corrected chi connectivity index (χ1v) is 6.44. The van der Waals surface area contributed by atoms with Crippen molar-refractivity contribution >= 4 is 10.9 Å². The summed E-state index contributed by atoms with van der Waals surface area (Å²) in [7, 11) is 0. The van der Waals surface area contributed by atoms with Crippen LogP contribution in [0.4, 0.5) is 0 Å². The highest BCUT2D eigenvalue weighted by Crippen LogP contribution is 2.16. The maximum absolute atomic E-state index is 5.71. The zero-order valence-electron chi connectivity index (χ0n) is 10.6. The van der Waals surface area contributed by atoms with E-state index in [0.717, 1.165) is 17.3 Å². The minimum atomic E-state index is 0.648. The highest BCUT2D eigenvalue weighted by Gasteiger charge is 1.99. The lowest BCUT2D eigenvalue weighted by Crippen LogP contribution is -2.02. The lowest BCUT2D eigenvalue weighted by molar-refractivity contribution is 0.311. The van der Waals surface area contributed by atoms with E-state index in [2.05, 4.69) is 23.2 Å². The summed E-state index contributed by atoms with van der Waals surface area (Å²) in [6, 6.07) is 22.4. The van der Waals surface area contributed by atoms with Gasteiger partial charge in [0.25, 0.3) is 0 Å². The average Bonchev–Trinajstić information content (AvgIpc) is 2.48. The van der Waals surface area contributed by atoms with Crippen molar-refractivity contribution in [1.29, 1.82) is 0 Å². The Hall–Kier alpha value is -2.35. The molecule has 0 fully saturated rings. The van der Waals surface area contributed by atoms with Crippen molar-refractivity contribution in [3.8, 4) is 5.88 Å². The fourth-order valence-corrected chi connectivity index (χ4v) is 2.05. The normalized spacial score (nSPS) is 10.5. The molecule has 94 valence electrons. The first-order valence-electron chi connectivity index (χ1n) is 6.44. The highest BCUT2D eigenvalue weighted by molar-refractivity contribution is 5.78. The van der Waals surface area contributed by atoms with Crippen molar-refractivity contribution in [2.75, 3.05) is 6.61 Å². The molecule has 0 bridgehead atoms. The molecule has 0 radical (unpaired) electrons. The van der Waals surface area contributed by atoms with Crippen LogP contribution >= 0.6 is 0 Å². The number of hydrogen-bond acceptors (Lipinski definition) is 2. The maximum atomic E-state index is 5.71. The third kappa shape index (κ3) is 2.91. The van der Waals surface area contributed by atoms with E-state index >= 15 is 0 Å². The summed E-state index contributed by atoms with van der Waals surface area (Å²) in [6.45, 7) is 0.648. The lowest BCUT2D eigenvalue weighted by atomic mass is 10.2. The summed E-state index contributed by atoms with van der Waals surface area (Å²) in [6.07, 6.45) is 0.898. The maximum Gasteiger partial charge on any atom is 0.213 e. The summed E-state index contributed by atoms with van der Waals surface area (Å²) in [5, 5.41) is 1.14. The van der Waals surface area contributed by atoms with Gasteiger partial charge in [0.15, 0.2) is 0 Å². The van der Waals surface area contributed by atoms with E-state index in [0.29, 0.717) is 12.5 Å². The molecule has 2 heteroatoms. The Kier molecular flexibility index (Phi) is 3.41. The molecule has 3 aromatic rings. The molecule has 0 aliphatic rings. The Morgan fingerprint density at radius 3 is 2.47 bits per heavy atom. The van der Waals surface area contributed by atoms with Crippen molar-refractivity contribution in [3.63, 3.8) is 0 Å². The number of fused-ring (bicyclic) bond motifs is 1. The van der Waals surface area contributed by atoms with Crippen molar-refractivity contribution in [2.24, 2.45) is 0 Å². The molecule has 1 aromatic heterocycles. The van der Waals surface area contributed by atoms with Crippen LogP contribution in [0.15, 0.2) is 66.7 Å². The van der Waals surface area contributed by atoms with Crippen LogP contribution in [-0.2, 0) is 6.42 Å². The van der Waals surface area contributed by atoms with Crippen molar-refractivity contribution in [2.45, 2.75) is 6.42 Å². The number of para-hydroxylation sites is 1. The third-order valence-electron chi connectivity index (χ3n) is 3.06. The van der Waals surface area contributed by atoms with Crippen LogP contribution in [-0.4, -0.2) is 11.6 Å². The lowest BCUT2D eigenvalue weighted by Gasteiger charge is -2.06. The standard InChI is InChI=1S/C17H15NO/c1-2-6-14(7-3-1)12-13-19-17-11-10-15-8-4-5-9-16(15)18-17/h1-11H,12-13H2. The monoisotopic (exact) mass is 249 g/mol. The molecule has 2 aromatic carbocycles. The van der Waals surface area contributed by atoms with Gasteiger partial charge in [-0.2, -0.15) is 0 Å². The largest absolute Gasteiger partial charge is 0.477 e. The van der Waals surface area contributed by atoms with Crippen molar-refractivity contribution < 1.29 is 4.74 Å². The van der Waals surface area contributed by atoms with E-state index in [1.807, 2.05) is 48.5 Å². The zero-order chi connectivity index (χ0) is 12.9. The molecule has 0 spiro atoms. The van der Waals surface area contributed by atoms with Crippen LogP contribution < -0.4 is 4.74 Å². The van der Waals surface area contributed by atoms with Gasteiger partial charge in [0, 0.05) is 17.9 Å². The van der Waals surface area contributed by atoms with Gasteiger partial charge in [0.05, 0.1) is 12.1 Å². The van der Waals surface area contributed by atoms with Crippen molar-refractivity contribution in [1.82, 2.24) is 4.98 Å². The first kappa shape index (κ1) is 11.7. The highest BCUT2D eigenvalue weighted by atomic mass is 16.5. The SMILES string of the molecule is c1ccc(CCOc2ccc3ccccc3n2)cc1. The Balaban J connectivity index is 1.65. The van der Waals surface area contributed by atoms with Crippen LogP contribution in [0.1, 0.15) is 5.56 Å². The number of ether oxygens (including phenoxy) is 1. The molecule has 19 heavy (non-hydrogen) atoms. The van der Waals surface area contributed by atoms with E-state index in [1.165, 1.54) is 5.56 Å². The molecule has 0 aliphatic heterocycles. The summed E-state index contributed by atoms with van der Waals surface area (Å²) in [5.41, 5.74) is 2.25. The summed E-state index contributed by atoms with van der Waals surface area (Å²) in [5.74, 6) is 0.689. The quantitative estimate of drug-likeness (QED) is 0.700. The molecule has 2 nitrogen and oxygen atoms in total. The van der Waals surface area contributed by atoms with Gasteiger partial charge in [-0.05, 0) is 17.7 Å². The molecule has 0 aliphatic carbocycles. The molecule has 0 saturated heterocycles. The second kappa shape index (κ2) is 5.53. The topological polar surface area (TPSA) is 22.1 Å².